The van der Waals surface area contributed by atoms with Gasteiger partial charge in [-0.15, -0.1) is 0 Å². The Bertz CT molecular complexity index is 675. The predicted octanol–water partition coefficient (Wildman–Crippen LogP) is 2.87. The van der Waals surface area contributed by atoms with Crippen molar-refractivity contribution in [3.8, 4) is 0 Å². The van der Waals surface area contributed by atoms with Crippen LogP contribution >= 0.6 is 0 Å². The minimum Gasteiger partial charge on any atom is -0.385 e. The van der Waals surface area contributed by atoms with E-state index in [1.807, 2.05) is 0 Å². The Labute approximate surface area is 136 Å². The van der Waals surface area contributed by atoms with Crippen LogP contribution in [0.15, 0.2) is 23.1 Å². The minimum absolute atomic E-state index is 0.250. The van der Waals surface area contributed by atoms with E-state index in [0.717, 1.165) is 18.4 Å². The summed E-state index contributed by atoms with van der Waals surface area (Å²) in [6.45, 7) is 2.92. The molecule has 0 aromatic heterocycles. The summed E-state index contributed by atoms with van der Waals surface area (Å²) in [4.78, 5) is 10.1. The molecule has 1 saturated carbocycles. The number of hydrogen-bond acceptors (Lipinski definition) is 5. The van der Waals surface area contributed by atoms with Gasteiger partial charge in [0.25, 0.3) is 5.69 Å². The first kappa shape index (κ1) is 17.7. The van der Waals surface area contributed by atoms with Crippen LogP contribution in [0.1, 0.15) is 39.0 Å². The van der Waals surface area contributed by atoms with Crippen molar-refractivity contribution in [3.63, 3.8) is 0 Å². The molecule has 1 aromatic carbocycles. The second kappa shape index (κ2) is 7.27. The summed E-state index contributed by atoms with van der Waals surface area (Å²) in [7, 11) is -3.98. The number of benzene rings is 1. The number of primary sulfonamides is 1. The van der Waals surface area contributed by atoms with Gasteiger partial charge in [-0.25, -0.2) is 13.6 Å². The maximum Gasteiger partial charge on any atom is 0.272 e. The summed E-state index contributed by atoms with van der Waals surface area (Å²) in [6, 6.07) is 3.65. The SMILES string of the molecule is CC1CCCC(CCNc2cc([N+](=O)[O-])cc(S(N)(=O)=O)c2)C1. The molecule has 23 heavy (non-hydrogen) atoms. The molecular formula is C15H23N3O4S. The summed E-state index contributed by atoms with van der Waals surface area (Å²) in [5.74, 6) is 1.41. The molecule has 7 nitrogen and oxygen atoms in total. The van der Waals surface area contributed by atoms with Crippen molar-refractivity contribution < 1.29 is 13.3 Å². The Morgan fingerprint density at radius 3 is 2.70 bits per heavy atom. The molecule has 0 amide bonds. The Morgan fingerprint density at radius 1 is 1.35 bits per heavy atom. The second-order valence-electron chi connectivity index (χ2n) is 6.37. The summed E-state index contributed by atoms with van der Waals surface area (Å²) < 4.78 is 22.9. The normalized spacial score (nSPS) is 21.8. The fourth-order valence-electron chi connectivity index (χ4n) is 3.20. The van der Waals surface area contributed by atoms with E-state index < -0.39 is 14.9 Å². The first-order valence-electron chi connectivity index (χ1n) is 7.82. The number of rotatable bonds is 6. The van der Waals surface area contributed by atoms with Crippen LogP contribution < -0.4 is 10.5 Å². The maximum atomic E-state index is 11.4. The van der Waals surface area contributed by atoms with Crippen molar-refractivity contribution in [2.75, 3.05) is 11.9 Å². The Balaban J connectivity index is 2.04. The summed E-state index contributed by atoms with van der Waals surface area (Å²) in [5, 5.41) is 19.1. The lowest BCUT2D eigenvalue weighted by molar-refractivity contribution is -0.385. The van der Waals surface area contributed by atoms with Crippen molar-refractivity contribution in [2.24, 2.45) is 17.0 Å². The molecule has 8 heteroatoms. The maximum absolute atomic E-state index is 11.4. The molecule has 0 saturated heterocycles. The zero-order valence-corrected chi connectivity index (χ0v) is 14.0. The Morgan fingerprint density at radius 2 is 2.09 bits per heavy atom. The van der Waals surface area contributed by atoms with Crippen molar-refractivity contribution in [1.82, 2.24) is 0 Å². The van der Waals surface area contributed by atoms with Crippen LogP contribution in [0, 0.1) is 22.0 Å². The number of non-ortho nitro benzene ring substituents is 1. The van der Waals surface area contributed by atoms with Crippen molar-refractivity contribution in [1.29, 1.82) is 0 Å². The lowest BCUT2D eigenvalue weighted by Gasteiger charge is -2.26. The van der Waals surface area contributed by atoms with Crippen molar-refractivity contribution >= 4 is 21.4 Å². The highest BCUT2D eigenvalue weighted by molar-refractivity contribution is 7.89. The third kappa shape index (κ3) is 5.18. The van der Waals surface area contributed by atoms with Crippen LogP contribution in [0.2, 0.25) is 0 Å². The highest BCUT2D eigenvalue weighted by atomic mass is 32.2. The van der Waals surface area contributed by atoms with Gasteiger partial charge in [-0.3, -0.25) is 10.1 Å². The fourth-order valence-corrected chi connectivity index (χ4v) is 3.77. The Hall–Kier alpha value is -1.67. The number of nitrogens with two attached hydrogens (primary N) is 1. The molecule has 0 heterocycles. The van der Waals surface area contributed by atoms with Gasteiger partial charge in [0.2, 0.25) is 10.0 Å². The van der Waals surface area contributed by atoms with Crippen LogP contribution in [-0.2, 0) is 10.0 Å². The van der Waals surface area contributed by atoms with E-state index >= 15 is 0 Å². The highest BCUT2D eigenvalue weighted by Gasteiger charge is 2.19. The molecule has 0 bridgehead atoms. The number of sulfonamides is 1. The summed E-state index contributed by atoms with van der Waals surface area (Å²) in [5.41, 5.74) is 0.123. The molecule has 3 N–H and O–H groups in total. The van der Waals surface area contributed by atoms with Gasteiger partial charge in [-0.1, -0.05) is 26.2 Å². The second-order valence-corrected chi connectivity index (χ2v) is 7.93. The van der Waals surface area contributed by atoms with E-state index in [1.165, 1.54) is 37.8 Å². The zero-order valence-electron chi connectivity index (χ0n) is 13.2. The molecule has 1 aliphatic carbocycles. The van der Waals surface area contributed by atoms with Crippen molar-refractivity contribution in [3.05, 3.63) is 28.3 Å². The average Bonchev–Trinajstić information content (AvgIpc) is 2.46. The van der Waals surface area contributed by atoms with E-state index in [2.05, 4.69) is 12.2 Å². The lowest BCUT2D eigenvalue weighted by Crippen LogP contribution is -2.17. The molecule has 2 unspecified atom stereocenters. The van der Waals surface area contributed by atoms with E-state index in [-0.39, 0.29) is 10.6 Å². The quantitative estimate of drug-likeness (QED) is 0.610. The van der Waals surface area contributed by atoms with Gasteiger partial charge in [-0.2, -0.15) is 0 Å². The number of nitro benzene ring substituents is 1. The van der Waals surface area contributed by atoms with Crippen LogP contribution in [0.4, 0.5) is 11.4 Å². The summed E-state index contributed by atoms with van der Waals surface area (Å²) in [6.07, 6.45) is 5.92. The Kier molecular flexibility index (Phi) is 5.59. The minimum atomic E-state index is -3.98. The molecular weight excluding hydrogens is 318 g/mol. The molecule has 2 rings (SSSR count). The van der Waals surface area contributed by atoms with Gasteiger partial charge in [0.05, 0.1) is 9.82 Å². The first-order valence-corrected chi connectivity index (χ1v) is 9.36. The van der Waals surface area contributed by atoms with Gasteiger partial charge in [0.1, 0.15) is 0 Å². The molecule has 1 fully saturated rings. The standard InChI is InChI=1S/C15H23N3O4S/c1-11-3-2-4-12(7-11)5-6-17-13-8-14(18(19)20)10-15(9-13)23(16,21)22/h8-12,17H,2-7H2,1H3,(H2,16,21,22). The predicted molar refractivity (Wildman–Crippen MR) is 88.7 cm³/mol. The third-order valence-electron chi connectivity index (χ3n) is 4.36. The molecule has 0 aliphatic heterocycles. The van der Waals surface area contributed by atoms with Gasteiger partial charge in [0.15, 0.2) is 0 Å². The monoisotopic (exact) mass is 341 g/mol. The van der Waals surface area contributed by atoms with Crippen LogP contribution in [0.25, 0.3) is 0 Å². The summed E-state index contributed by atoms with van der Waals surface area (Å²) >= 11 is 0. The highest BCUT2D eigenvalue weighted by Crippen LogP contribution is 2.31. The number of nitrogens with one attached hydrogen (secondary N) is 1. The molecule has 128 valence electrons. The molecule has 2 atom stereocenters. The number of nitro groups is 1. The number of anilines is 1. The largest absolute Gasteiger partial charge is 0.385 e. The van der Waals surface area contributed by atoms with E-state index in [1.54, 1.807) is 0 Å². The van der Waals surface area contributed by atoms with Crippen LogP contribution in [0.5, 0.6) is 0 Å². The van der Waals surface area contributed by atoms with Gasteiger partial charge in [-0.05, 0) is 30.7 Å². The van der Waals surface area contributed by atoms with Gasteiger partial charge >= 0.3 is 0 Å². The van der Waals surface area contributed by atoms with Crippen LogP contribution in [-0.4, -0.2) is 19.9 Å². The number of hydrogen-bond donors (Lipinski definition) is 2. The number of nitrogens with zero attached hydrogens (tertiary/aromatic N) is 1. The lowest BCUT2D eigenvalue weighted by atomic mass is 9.81. The molecule has 0 spiro atoms. The smallest absolute Gasteiger partial charge is 0.272 e. The average molecular weight is 341 g/mol. The van der Waals surface area contributed by atoms with Gasteiger partial charge < -0.3 is 5.32 Å². The topological polar surface area (TPSA) is 115 Å². The molecule has 1 aliphatic rings. The third-order valence-corrected chi connectivity index (χ3v) is 5.25. The molecule has 1 aromatic rings. The van der Waals surface area contributed by atoms with Gasteiger partial charge in [0, 0.05) is 24.4 Å². The van der Waals surface area contributed by atoms with Crippen LogP contribution in [0.3, 0.4) is 0 Å². The molecule has 0 radical (unpaired) electrons. The van der Waals surface area contributed by atoms with Crippen molar-refractivity contribution in [2.45, 2.75) is 43.9 Å². The fraction of sp³-hybridized carbons (Fsp3) is 0.600. The van der Waals surface area contributed by atoms with E-state index in [0.29, 0.717) is 18.2 Å². The first-order chi connectivity index (χ1) is 10.8. The zero-order chi connectivity index (χ0) is 17.0. The van der Waals surface area contributed by atoms with E-state index in [4.69, 9.17) is 5.14 Å². The van der Waals surface area contributed by atoms with E-state index in [9.17, 15) is 18.5 Å².